The van der Waals surface area contributed by atoms with Crippen LogP contribution in [-0.2, 0) is 28.3 Å². The molecule has 31 heavy (non-hydrogen) atoms. The van der Waals surface area contributed by atoms with E-state index in [1.165, 1.54) is 0 Å². The van der Waals surface area contributed by atoms with Crippen molar-refractivity contribution in [3.8, 4) is 10.4 Å². The zero-order valence-electron chi connectivity index (χ0n) is 15.9. The number of nitrogens with zero attached hydrogens (tertiary/aromatic N) is 1. The number of ether oxygens (including phenoxy) is 2. The Bertz CT molecular complexity index is 1280. The Morgan fingerprint density at radius 2 is 2.06 bits per heavy atom. The van der Waals surface area contributed by atoms with Gasteiger partial charge in [0.05, 0.1) is 26.0 Å². The summed E-state index contributed by atoms with van der Waals surface area (Å²) in [6.45, 7) is -1.25. The van der Waals surface area contributed by atoms with Crippen LogP contribution in [0.4, 0.5) is 13.2 Å². The Morgan fingerprint density at radius 3 is 2.77 bits per heavy atom. The number of alkyl halides is 3. The maximum Gasteiger partial charge on any atom is 0.427 e. The van der Waals surface area contributed by atoms with Gasteiger partial charge in [-0.15, -0.1) is 11.3 Å². The number of fused-ring (bicyclic) bond motifs is 3. The van der Waals surface area contributed by atoms with E-state index in [4.69, 9.17) is 13.9 Å². The topological polar surface area (TPSA) is 77.4 Å². The van der Waals surface area contributed by atoms with Gasteiger partial charge >= 0.3 is 11.8 Å². The monoisotopic (exact) mass is 448 g/mol. The van der Waals surface area contributed by atoms with Crippen LogP contribution in [0.3, 0.4) is 0 Å². The molecule has 1 aliphatic rings. The smallest absolute Gasteiger partial charge is 0.423 e. The van der Waals surface area contributed by atoms with E-state index >= 15 is 0 Å². The first-order chi connectivity index (χ1) is 14.9. The van der Waals surface area contributed by atoms with Gasteiger partial charge in [-0.05, 0) is 11.6 Å². The lowest BCUT2D eigenvalue weighted by Gasteiger charge is -2.38. The van der Waals surface area contributed by atoms with Crippen molar-refractivity contribution in [2.24, 2.45) is 0 Å². The quantitative estimate of drug-likeness (QED) is 0.488. The number of rotatable bonds is 4. The van der Waals surface area contributed by atoms with E-state index in [0.717, 1.165) is 11.3 Å². The average molecular weight is 448 g/mol. The fourth-order valence-corrected chi connectivity index (χ4v) is 4.67. The minimum atomic E-state index is -4.87. The van der Waals surface area contributed by atoms with Crippen LogP contribution in [0, 0.1) is 0 Å². The summed E-state index contributed by atoms with van der Waals surface area (Å²) in [6.07, 6.45) is -1.67. The number of aromatic amines is 1. The van der Waals surface area contributed by atoms with Crippen molar-refractivity contribution >= 4 is 21.4 Å². The van der Waals surface area contributed by atoms with Gasteiger partial charge in [0.15, 0.2) is 5.76 Å². The molecule has 0 saturated heterocycles. The van der Waals surface area contributed by atoms with E-state index in [2.05, 4.69) is 10.2 Å². The molecule has 0 bridgehead atoms. The minimum Gasteiger partial charge on any atom is -0.423 e. The standard InChI is InChI=1S/C21H15F3N2O4S/c22-21(23,24)20(29-9-12-4-2-1-3-5-12)11-28-10-15-14-6-16(13-7-25-26-8-13)31-17(14)19(27)30-18(15)20/h1-8H,9-11H2,(H,25,26). The van der Waals surface area contributed by atoms with Crippen LogP contribution in [0.25, 0.3) is 20.5 Å². The molecule has 160 valence electrons. The molecule has 3 aromatic heterocycles. The summed E-state index contributed by atoms with van der Waals surface area (Å²) in [4.78, 5) is 13.4. The molecule has 1 unspecified atom stereocenters. The Kier molecular flexibility index (Phi) is 4.72. The molecular formula is C21H15F3N2O4S. The normalized spacial score (nSPS) is 18.9. The van der Waals surface area contributed by atoms with E-state index in [1.807, 2.05) is 0 Å². The fraction of sp³-hybridized carbons (Fsp3) is 0.238. The first-order valence-electron chi connectivity index (χ1n) is 9.30. The molecule has 6 nitrogen and oxygen atoms in total. The van der Waals surface area contributed by atoms with E-state index < -0.39 is 29.8 Å². The predicted octanol–water partition coefficient (Wildman–Crippen LogP) is 4.75. The third-order valence-corrected chi connectivity index (χ3v) is 6.36. The zero-order chi connectivity index (χ0) is 21.6. The molecule has 1 atom stereocenters. The van der Waals surface area contributed by atoms with Crippen molar-refractivity contribution in [1.82, 2.24) is 10.2 Å². The summed E-state index contributed by atoms with van der Waals surface area (Å²) >= 11 is 1.13. The number of nitrogens with one attached hydrogen (secondary N) is 1. The minimum absolute atomic E-state index is 0.121. The van der Waals surface area contributed by atoms with Crippen LogP contribution >= 0.6 is 11.3 Å². The average Bonchev–Trinajstić information content (AvgIpc) is 3.43. The van der Waals surface area contributed by atoms with E-state index in [1.54, 1.807) is 48.8 Å². The summed E-state index contributed by atoms with van der Waals surface area (Å²) < 4.78 is 59.4. The molecule has 0 saturated carbocycles. The second-order valence-electron chi connectivity index (χ2n) is 7.13. The highest BCUT2D eigenvalue weighted by Gasteiger charge is 2.62. The number of thiophene rings is 1. The van der Waals surface area contributed by atoms with Gasteiger partial charge in [-0.2, -0.15) is 18.3 Å². The largest absolute Gasteiger partial charge is 0.427 e. The van der Waals surface area contributed by atoms with Gasteiger partial charge in [-0.1, -0.05) is 30.3 Å². The number of hydrogen-bond acceptors (Lipinski definition) is 6. The number of aromatic nitrogens is 2. The molecule has 0 spiro atoms. The molecule has 10 heteroatoms. The van der Waals surface area contributed by atoms with E-state index in [-0.39, 0.29) is 23.5 Å². The Balaban J connectivity index is 1.67. The Hall–Kier alpha value is -2.95. The van der Waals surface area contributed by atoms with Crippen molar-refractivity contribution < 1.29 is 27.1 Å². The van der Waals surface area contributed by atoms with Gasteiger partial charge in [-0.25, -0.2) is 4.79 Å². The molecule has 4 aromatic rings. The molecule has 0 amide bonds. The van der Waals surface area contributed by atoms with Crippen molar-refractivity contribution in [1.29, 1.82) is 0 Å². The fourth-order valence-electron chi connectivity index (χ4n) is 3.63. The second kappa shape index (κ2) is 7.33. The lowest BCUT2D eigenvalue weighted by molar-refractivity contribution is -0.316. The number of halogens is 3. The number of benzene rings is 1. The van der Waals surface area contributed by atoms with E-state index in [9.17, 15) is 18.0 Å². The maximum absolute atomic E-state index is 14.4. The predicted molar refractivity (Wildman–Crippen MR) is 107 cm³/mol. The molecule has 0 aliphatic carbocycles. The van der Waals surface area contributed by atoms with Gasteiger partial charge in [0.2, 0.25) is 5.60 Å². The molecule has 0 fully saturated rings. The maximum atomic E-state index is 14.4. The Labute approximate surface area is 177 Å². The lowest BCUT2D eigenvalue weighted by Crippen LogP contribution is -2.51. The second-order valence-corrected chi connectivity index (χ2v) is 8.18. The lowest BCUT2D eigenvalue weighted by atomic mass is 9.92. The highest BCUT2D eigenvalue weighted by Crippen LogP contribution is 2.48. The summed E-state index contributed by atoms with van der Waals surface area (Å²) in [5.74, 6) is -0.545. The number of H-pyrrole nitrogens is 1. The van der Waals surface area contributed by atoms with Gasteiger partial charge < -0.3 is 13.9 Å². The third-order valence-electron chi connectivity index (χ3n) is 5.20. The van der Waals surface area contributed by atoms with E-state index in [0.29, 0.717) is 21.4 Å². The van der Waals surface area contributed by atoms with Crippen molar-refractivity contribution in [3.63, 3.8) is 0 Å². The third kappa shape index (κ3) is 3.27. The summed E-state index contributed by atoms with van der Waals surface area (Å²) in [5.41, 5.74) is -2.29. The summed E-state index contributed by atoms with van der Waals surface area (Å²) in [7, 11) is 0. The van der Waals surface area contributed by atoms with Crippen molar-refractivity contribution in [2.75, 3.05) is 6.61 Å². The van der Waals surface area contributed by atoms with Crippen LogP contribution in [0.1, 0.15) is 16.9 Å². The highest BCUT2D eigenvalue weighted by atomic mass is 32.1. The SMILES string of the molecule is O=c1oc2c(c3cc(-c4cn[nH]c4)sc13)COCC2(OCc1ccccc1)C(F)(F)F. The molecule has 4 heterocycles. The summed E-state index contributed by atoms with van der Waals surface area (Å²) in [6, 6.07) is 10.1. The van der Waals surface area contributed by atoms with Crippen LogP contribution in [0.15, 0.2) is 58.0 Å². The van der Waals surface area contributed by atoms with Gasteiger partial charge in [-0.3, -0.25) is 5.10 Å². The van der Waals surface area contributed by atoms with Crippen LogP contribution < -0.4 is 5.63 Å². The zero-order valence-corrected chi connectivity index (χ0v) is 16.7. The molecule has 1 N–H and O–H groups in total. The van der Waals surface area contributed by atoms with Crippen molar-refractivity contribution in [2.45, 2.75) is 25.0 Å². The van der Waals surface area contributed by atoms with Gasteiger partial charge in [0.25, 0.3) is 0 Å². The first kappa shape index (κ1) is 20.0. The highest BCUT2D eigenvalue weighted by molar-refractivity contribution is 7.22. The first-order valence-corrected chi connectivity index (χ1v) is 10.1. The number of hydrogen-bond donors (Lipinski definition) is 1. The van der Waals surface area contributed by atoms with Crippen LogP contribution in [0.5, 0.6) is 0 Å². The van der Waals surface area contributed by atoms with Crippen LogP contribution in [0.2, 0.25) is 0 Å². The molecule has 5 rings (SSSR count). The van der Waals surface area contributed by atoms with Gasteiger partial charge in [0, 0.05) is 27.6 Å². The molecule has 1 aromatic carbocycles. The molecule has 0 radical (unpaired) electrons. The van der Waals surface area contributed by atoms with Crippen LogP contribution in [-0.4, -0.2) is 23.0 Å². The van der Waals surface area contributed by atoms with Crippen molar-refractivity contribution in [3.05, 3.63) is 76.1 Å². The molecule has 1 aliphatic heterocycles. The summed E-state index contributed by atoms with van der Waals surface area (Å²) in [5, 5.41) is 6.92. The molecular weight excluding hydrogens is 433 g/mol. The Morgan fingerprint density at radius 1 is 1.26 bits per heavy atom. The van der Waals surface area contributed by atoms with Gasteiger partial charge in [0.1, 0.15) is 4.70 Å².